The van der Waals surface area contributed by atoms with E-state index in [-0.39, 0.29) is 291 Å². The predicted molar refractivity (Wildman–Crippen MR) is 386 cm³/mol. The van der Waals surface area contributed by atoms with Crippen LogP contribution in [0.2, 0.25) is 0 Å². The van der Waals surface area contributed by atoms with Crippen molar-refractivity contribution in [1.29, 1.82) is 0 Å². The van der Waals surface area contributed by atoms with Gasteiger partial charge >= 0.3 is 23.9 Å². The SMILES string of the molecule is CCOC(=O)C12C(=O)Oc3ccccc3C1CC(=O)C1CCCC12.CCOC(=O)C12C(=O)Oc3ccccc3C1CC1(OCC(C)(C)CO1)C1CCCC12.PPP(P)P(P(P)P)P(P(P(P)P)P(P)P)P(P(P)P)P(P)P.[V].[V].[V].[V].[V].[V].[V].[V].[V]. The molecule has 1 spiro atoms. The number of para-hydroxylation sites is 2. The molecule has 86 heavy (non-hydrogen) atoms. The fraction of sp³-hybridized carbons (Fsp3) is 0.605. The summed E-state index contributed by atoms with van der Waals surface area (Å²) in [5.41, 5.74) is -1.13. The summed E-state index contributed by atoms with van der Waals surface area (Å²) in [6.07, 6.45) is 5.49. The fourth-order valence-electron chi connectivity index (χ4n) is 12.4. The van der Waals surface area contributed by atoms with Crippen LogP contribution in [0.1, 0.15) is 102 Å². The summed E-state index contributed by atoms with van der Waals surface area (Å²) in [5.74, 6) is -3.34. The molecule has 2 aromatic rings. The first kappa shape index (κ1) is 101. The minimum atomic E-state index is -1.38. The molecule has 23 unspecified atom stereocenters. The van der Waals surface area contributed by atoms with Crippen LogP contribution >= 0.6 is 185 Å². The van der Waals surface area contributed by atoms with E-state index in [1.54, 1.807) is 32.0 Å². The van der Waals surface area contributed by atoms with Gasteiger partial charge in [0.25, 0.3) is 0 Å². The second kappa shape index (κ2) is 46.2. The summed E-state index contributed by atoms with van der Waals surface area (Å²) in [5, 5.41) is 0. The molecule has 9 rings (SSSR count). The average Bonchev–Trinajstić information content (AvgIpc) is 4.12. The van der Waals surface area contributed by atoms with Crippen molar-refractivity contribution in [2.45, 2.75) is 96.7 Å². The molecule has 473 valence electrons. The van der Waals surface area contributed by atoms with Gasteiger partial charge in [0.15, 0.2) is 16.6 Å². The molecule has 1 saturated heterocycles. The van der Waals surface area contributed by atoms with Crippen molar-refractivity contribution < 1.29 is 219 Å². The Morgan fingerprint density at radius 1 is 0.547 bits per heavy atom. The monoisotopic (exact) mass is 1940 g/mol. The van der Waals surface area contributed by atoms with Crippen LogP contribution in [0.15, 0.2) is 48.5 Å². The third-order valence-electron chi connectivity index (χ3n) is 15.3. The standard InChI is InChI=1S/C24H30O6.C19H20O5.H25P23.9V/c1-4-27-20(25)24-17-10-7-9-16(17)23(28-13-22(2,3)14-29-23)12-18(24)15-8-5-6-11-19(15)30-21(24)26;1-2-23-17(21)19-13-8-5-7-11(13)15(20)10-14(19)12-6-3-4-9-16(12)24-18(19)22;1-13-19(12)22(18(10)11)23(20(14(2)3)15(4)5)21(16(6)7)17(8)9;;;;;;;;;/h5-6,8,11,16-18H,4,7,9-10,12-14H2,1-3H3;3-4,6,9,11,13-14H,2,5,7-8,10H2,1H3;13H,1-12H2;;;;;;;;;. The molecule has 3 heterocycles. The third-order valence-corrected chi connectivity index (χ3v) is 162. The molecular formula is C43H75O11P23V9. The van der Waals surface area contributed by atoms with Gasteiger partial charge in [0.1, 0.15) is 17.3 Å². The average molecular weight is 1940 g/mol. The number of benzene rings is 2. The Bertz CT molecular complexity index is 2460. The molecule has 4 saturated carbocycles. The van der Waals surface area contributed by atoms with E-state index in [2.05, 4.69) is 121 Å². The molecule has 3 aliphatic heterocycles. The quantitative estimate of drug-likeness (QED) is 0.0772. The number of hydrogen-bond donors (Lipinski definition) is 0. The van der Waals surface area contributed by atoms with Crippen LogP contribution in [0.25, 0.3) is 0 Å². The molecule has 0 N–H and O–H groups in total. The molecule has 4 aliphatic carbocycles. The molecule has 9 radical (unpaired) electrons. The maximum Gasteiger partial charge on any atom is 0.329 e. The van der Waals surface area contributed by atoms with E-state index in [9.17, 15) is 24.0 Å². The van der Waals surface area contributed by atoms with Gasteiger partial charge in [-0.2, -0.15) is 0 Å². The topological polar surface area (TPSA) is 141 Å². The number of Topliss-reactive ketones (excluding diaryl/α,β-unsaturated/α-hetero) is 1. The summed E-state index contributed by atoms with van der Waals surface area (Å²) in [6, 6.07) is 14.7. The van der Waals surface area contributed by atoms with Gasteiger partial charge < -0.3 is 28.4 Å². The van der Waals surface area contributed by atoms with E-state index >= 15 is 0 Å². The first-order valence-electron chi connectivity index (χ1n) is 24.9. The summed E-state index contributed by atoms with van der Waals surface area (Å²) in [6.45, 7) is 10.0. The molecule has 11 nitrogen and oxygen atoms in total. The molecule has 2 aromatic carbocycles. The molecule has 43 heteroatoms. The summed E-state index contributed by atoms with van der Waals surface area (Å²) < 4.78 is 35.2. The van der Waals surface area contributed by atoms with Crippen LogP contribution in [0.3, 0.4) is 0 Å². The Kier molecular flexibility index (Phi) is 54.4. The first-order valence-corrected chi connectivity index (χ1v) is 66.1. The van der Waals surface area contributed by atoms with E-state index in [0.717, 1.165) is 51.2 Å². The maximum absolute atomic E-state index is 13.5. The van der Waals surface area contributed by atoms with Gasteiger partial charge in [0.2, 0.25) is 0 Å². The Labute approximate surface area is 659 Å². The number of esters is 4. The van der Waals surface area contributed by atoms with Crippen molar-refractivity contribution >= 4 is 215 Å². The van der Waals surface area contributed by atoms with Crippen molar-refractivity contribution in [1.82, 2.24) is 0 Å². The third kappa shape index (κ3) is 22.3. The van der Waals surface area contributed by atoms with E-state index in [0.29, 0.717) is 37.6 Å². The fourth-order valence-corrected chi connectivity index (χ4v) is 294. The van der Waals surface area contributed by atoms with Crippen LogP contribution in [-0.4, -0.2) is 61.9 Å². The summed E-state index contributed by atoms with van der Waals surface area (Å²) >= 11 is 0. The Morgan fingerprint density at radius 2 is 0.930 bits per heavy atom. The molecule has 5 fully saturated rings. The van der Waals surface area contributed by atoms with Crippen LogP contribution in [0, 0.1) is 39.9 Å². The summed E-state index contributed by atoms with van der Waals surface area (Å²) in [4.78, 5) is 65.7. The van der Waals surface area contributed by atoms with Crippen molar-refractivity contribution in [2.24, 2.45) is 39.9 Å². The second-order valence-corrected chi connectivity index (χ2v) is 110. The van der Waals surface area contributed by atoms with Gasteiger partial charge in [-0.1, -0.05) is 71.0 Å². The molecule has 23 atom stereocenters. The van der Waals surface area contributed by atoms with Crippen LogP contribution in [-0.2, 0) is 210 Å². The van der Waals surface area contributed by atoms with Crippen LogP contribution in [0.4, 0.5) is 0 Å². The number of carbonyl (C=O) groups excluding carboxylic acids is 5. The molecule has 0 amide bonds. The predicted octanol–water partition coefficient (Wildman–Crippen LogP) is 19.5. The molecule has 0 bridgehead atoms. The van der Waals surface area contributed by atoms with E-state index in [1.165, 1.54) is 0 Å². The number of hydrogen-bond acceptors (Lipinski definition) is 11. The molecule has 0 aromatic heterocycles. The number of fused-ring (bicyclic) bond motifs is 11. The van der Waals surface area contributed by atoms with Gasteiger partial charge in [-0.25, -0.2) is 0 Å². The number of ketones is 1. The Morgan fingerprint density at radius 3 is 1.35 bits per heavy atom. The van der Waals surface area contributed by atoms with E-state index in [1.807, 2.05) is 30.3 Å². The first-order chi connectivity index (χ1) is 36.4. The van der Waals surface area contributed by atoms with Crippen LogP contribution in [0.5, 0.6) is 11.5 Å². The largest absolute Gasteiger partial charge is 0.465 e. The number of rotatable bonds is 14. The smallest absolute Gasteiger partial charge is 0.329 e. The van der Waals surface area contributed by atoms with Crippen LogP contribution < -0.4 is 9.47 Å². The van der Waals surface area contributed by atoms with Crippen molar-refractivity contribution in [3.8, 4) is 11.5 Å². The zero-order valence-corrected chi connectivity index (χ0v) is 83.9. The Balaban J connectivity index is -0.00000116. The molecule has 7 aliphatic rings. The van der Waals surface area contributed by atoms with Gasteiger partial charge in [-0.05, 0) is 139 Å². The number of ether oxygens (including phenoxy) is 6. The van der Waals surface area contributed by atoms with Crippen molar-refractivity contribution in [3.63, 3.8) is 0 Å². The normalized spacial score (nSPS) is 26.4. The summed E-state index contributed by atoms with van der Waals surface area (Å²) in [7, 11) is 39.5. The van der Waals surface area contributed by atoms with Gasteiger partial charge in [0, 0.05) is 214 Å². The Hall–Kier alpha value is 11.1. The van der Waals surface area contributed by atoms with Gasteiger partial charge in [-0.15, -0.1) is 107 Å². The minimum absolute atomic E-state index is 0. The van der Waals surface area contributed by atoms with Gasteiger partial charge in [0.05, 0.1) is 26.4 Å². The second-order valence-electron chi connectivity index (χ2n) is 20.3. The molecular weight excluding hydrogens is 1860 g/mol. The van der Waals surface area contributed by atoms with Crippen molar-refractivity contribution in [2.75, 3.05) is 26.4 Å². The number of carbonyl (C=O) groups is 5. The minimum Gasteiger partial charge on any atom is -0.465 e. The van der Waals surface area contributed by atoms with E-state index in [4.69, 9.17) is 28.4 Å². The zero-order chi connectivity index (χ0) is 56.5. The zero-order valence-electron chi connectivity index (χ0n) is 47.5. The maximum atomic E-state index is 13.5. The van der Waals surface area contributed by atoms with Gasteiger partial charge in [-0.3, -0.25) is 24.0 Å². The van der Waals surface area contributed by atoms with E-state index < -0.39 is 52.3 Å². The van der Waals surface area contributed by atoms with Crippen molar-refractivity contribution in [3.05, 3.63) is 59.7 Å².